The Hall–Kier alpha value is 0.750. The Labute approximate surface area is 200 Å². The maximum absolute atomic E-state index is 11.3. The molecule has 0 saturated heterocycles. The zero-order chi connectivity index (χ0) is 21.3. The summed E-state index contributed by atoms with van der Waals surface area (Å²) in [5.41, 5.74) is 0. The molecule has 9 heteroatoms. The third-order valence-electron chi connectivity index (χ3n) is 4.51. The van der Waals surface area contributed by atoms with Gasteiger partial charge in [-0.25, -0.2) is 12.6 Å². The van der Waals surface area contributed by atoms with Crippen LogP contribution >= 0.6 is 0 Å². The van der Waals surface area contributed by atoms with Crippen molar-refractivity contribution in [1.82, 2.24) is 0 Å². The van der Waals surface area contributed by atoms with Crippen LogP contribution < -0.4 is 29.6 Å². The molecule has 7 nitrogen and oxygen atoms in total. The Balaban J connectivity index is 0. The van der Waals surface area contributed by atoms with E-state index in [-0.39, 0.29) is 55.8 Å². The Morgan fingerprint density at radius 2 is 1.21 bits per heavy atom. The van der Waals surface area contributed by atoms with Gasteiger partial charge in [0.25, 0.3) is 0 Å². The van der Waals surface area contributed by atoms with E-state index in [1.165, 1.54) is 38.5 Å². The van der Waals surface area contributed by atoms with Gasteiger partial charge in [-0.2, -0.15) is 0 Å². The van der Waals surface area contributed by atoms with Gasteiger partial charge < -0.3 is 18.8 Å². The van der Waals surface area contributed by atoms with E-state index in [0.717, 1.165) is 19.3 Å². The minimum absolute atomic E-state index is 0. The quantitative estimate of drug-likeness (QED) is 0.0923. The maximum Gasteiger partial charge on any atom is 1.00 e. The molecular weight excluding hydrogens is 407 g/mol. The van der Waals surface area contributed by atoms with Crippen LogP contribution in [0.15, 0.2) is 0 Å². The summed E-state index contributed by atoms with van der Waals surface area (Å²) in [6.45, 7) is 8.17. The van der Waals surface area contributed by atoms with Gasteiger partial charge in [0.05, 0.1) is 0 Å². The monoisotopic (exact) mass is 448 g/mol. The van der Waals surface area contributed by atoms with Crippen LogP contribution in [-0.4, -0.2) is 44.9 Å². The average Bonchev–Trinajstić information content (AvgIpc) is 2.62. The number of rotatable bonds is 20. The van der Waals surface area contributed by atoms with Crippen molar-refractivity contribution in [2.75, 3.05) is 19.8 Å². The van der Waals surface area contributed by atoms with Crippen molar-refractivity contribution in [1.29, 1.82) is 0 Å². The van der Waals surface area contributed by atoms with Crippen molar-refractivity contribution >= 4 is 10.4 Å². The molecule has 0 N–H and O–H groups in total. The van der Waals surface area contributed by atoms with Gasteiger partial charge in [0.2, 0.25) is 22.5 Å². The molecule has 1 unspecified atom stereocenters. The molecule has 0 aliphatic carbocycles. The van der Waals surface area contributed by atoms with Crippen molar-refractivity contribution in [3.63, 3.8) is 0 Å². The largest absolute Gasteiger partial charge is 1.00 e. The third-order valence-corrected chi connectivity index (χ3v) is 4.99. The fourth-order valence-corrected chi connectivity index (χ4v) is 3.80. The van der Waals surface area contributed by atoms with Crippen LogP contribution in [0.2, 0.25) is 0 Å². The summed E-state index contributed by atoms with van der Waals surface area (Å²) in [6, 6.07) is 0. The first-order valence-corrected chi connectivity index (χ1v) is 12.2. The first kappa shape index (κ1) is 31.9. The number of unbranched alkanes of at least 4 members (excludes halogenated alkanes) is 9. The second kappa shape index (κ2) is 19.4. The summed E-state index contributed by atoms with van der Waals surface area (Å²) in [7, 11) is -4.98. The van der Waals surface area contributed by atoms with Crippen molar-refractivity contribution in [3.05, 3.63) is 0 Å². The van der Waals surface area contributed by atoms with Gasteiger partial charge in [0.15, 0.2) is 0 Å². The van der Waals surface area contributed by atoms with E-state index in [0.29, 0.717) is 6.42 Å². The molecule has 0 aliphatic rings. The fraction of sp³-hybridized carbons (Fsp3) is 1.00. The van der Waals surface area contributed by atoms with Crippen LogP contribution in [0.3, 0.4) is 0 Å². The van der Waals surface area contributed by atoms with Crippen LogP contribution in [0.5, 0.6) is 0 Å². The standard InChI is InChI=1S/C20H42O7S.Na/c1-5-9-10-11-12-13-14-15-16-17-18-20(26-8-4,27-28(21,22)23)19(24-6-2)25-7-3;/h19H,5-18H2,1-4H3,(H,21,22,23);/q;+1/p-1. The number of hydrogen-bond acceptors (Lipinski definition) is 7. The van der Waals surface area contributed by atoms with Crippen molar-refractivity contribution in [3.8, 4) is 0 Å². The van der Waals surface area contributed by atoms with E-state index in [4.69, 9.17) is 18.4 Å². The first-order valence-electron chi connectivity index (χ1n) is 10.9. The van der Waals surface area contributed by atoms with Crippen LogP contribution in [0.4, 0.5) is 0 Å². The van der Waals surface area contributed by atoms with E-state index in [1.807, 2.05) is 0 Å². The van der Waals surface area contributed by atoms with Gasteiger partial charge in [-0.15, -0.1) is 0 Å². The molecule has 0 amide bonds. The first-order chi connectivity index (χ1) is 13.3. The van der Waals surface area contributed by atoms with Gasteiger partial charge >= 0.3 is 29.6 Å². The van der Waals surface area contributed by atoms with Crippen LogP contribution in [0.1, 0.15) is 98.3 Å². The molecule has 0 radical (unpaired) electrons. The summed E-state index contributed by atoms with van der Waals surface area (Å²) < 4.78 is 55.5. The van der Waals surface area contributed by atoms with E-state index in [1.54, 1.807) is 20.8 Å². The molecule has 0 spiro atoms. The van der Waals surface area contributed by atoms with Gasteiger partial charge in [-0.1, -0.05) is 64.7 Å². The molecule has 0 saturated carbocycles. The molecule has 0 aromatic heterocycles. The molecule has 0 heterocycles. The van der Waals surface area contributed by atoms with Crippen molar-refractivity contribution in [2.45, 2.75) is 110 Å². The van der Waals surface area contributed by atoms with Gasteiger partial charge in [-0.3, -0.25) is 0 Å². The predicted molar refractivity (Wildman–Crippen MR) is 109 cm³/mol. The molecule has 0 rings (SSSR count). The summed E-state index contributed by atoms with van der Waals surface area (Å²) in [5.74, 6) is -1.75. The fourth-order valence-electron chi connectivity index (χ4n) is 3.24. The minimum atomic E-state index is -4.98. The summed E-state index contributed by atoms with van der Waals surface area (Å²) in [4.78, 5) is 0. The summed E-state index contributed by atoms with van der Waals surface area (Å²) in [5, 5.41) is 0. The molecule has 0 aromatic carbocycles. The normalized spacial score (nSPS) is 14.0. The average molecular weight is 449 g/mol. The van der Waals surface area contributed by atoms with Crippen molar-refractivity contribution in [2.24, 2.45) is 0 Å². The molecule has 1 atom stereocenters. The van der Waals surface area contributed by atoms with E-state index in [9.17, 15) is 13.0 Å². The zero-order valence-corrected chi connectivity index (χ0v) is 22.1. The van der Waals surface area contributed by atoms with Gasteiger partial charge in [-0.05, 0) is 27.2 Å². The molecule has 0 aromatic rings. The SMILES string of the molecule is CCCCCCCCCCCCC(OCC)(OS(=O)(=O)[O-])C(OCC)OCC.[Na+]. The molecular formula is C20H41NaO7S. The number of ether oxygens (including phenoxy) is 3. The second-order valence-corrected chi connectivity index (χ2v) is 7.89. The maximum atomic E-state index is 11.3. The van der Waals surface area contributed by atoms with Crippen LogP contribution in [-0.2, 0) is 28.8 Å². The zero-order valence-electron chi connectivity index (χ0n) is 19.2. The van der Waals surface area contributed by atoms with E-state index >= 15 is 0 Å². The Kier molecular flexibility index (Phi) is 21.4. The van der Waals surface area contributed by atoms with Crippen LogP contribution in [0, 0.1) is 0 Å². The molecule has 170 valence electrons. The van der Waals surface area contributed by atoms with Crippen LogP contribution in [0.25, 0.3) is 0 Å². The summed E-state index contributed by atoms with van der Waals surface area (Å²) in [6.07, 6.45) is 10.5. The minimum Gasteiger partial charge on any atom is -0.725 e. The smallest absolute Gasteiger partial charge is 0.725 e. The number of hydrogen-bond donors (Lipinski definition) is 0. The second-order valence-electron chi connectivity index (χ2n) is 6.91. The molecule has 0 bridgehead atoms. The topological polar surface area (TPSA) is 94.1 Å². The summed E-state index contributed by atoms with van der Waals surface area (Å²) >= 11 is 0. The predicted octanol–water partition coefficient (Wildman–Crippen LogP) is 1.91. The molecule has 0 aliphatic heterocycles. The Morgan fingerprint density at radius 3 is 1.59 bits per heavy atom. The van der Waals surface area contributed by atoms with Gasteiger partial charge in [0.1, 0.15) is 0 Å². The van der Waals surface area contributed by atoms with E-state index < -0.39 is 22.5 Å². The Bertz CT molecular complexity index is 456. The third kappa shape index (κ3) is 16.1. The Morgan fingerprint density at radius 1 is 0.759 bits per heavy atom. The van der Waals surface area contributed by atoms with E-state index in [2.05, 4.69) is 6.92 Å². The van der Waals surface area contributed by atoms with Crippen molar-refractivity contribution < 1.29 is 60.9 Å². The molecule has 0 fully saturated rings. The van der Waals surface area contributed by atoms with Gasteiger partial charge in [0, 0.05) is 26.2 Å². The molecule has 29 heavy (non-hydrogen) atoms.